The van der Waals surface area contributed by atoms with Crippen molar-refractivity contribution in [3.63, 3.8) is 0 Å². The Kier molecular flexibility index (Phi) is 7.79. The second kappa shape index (κ2) is 10.7. The van der Waals surface area contributed by atoms with Crippen LogP contribution in [0.3, 0.4) is 0 Å². The van der Waals surface area contributed by atoms with Crippen molar-refractivity contribution in [3.05, 3.63) is 52.9 Å². The molecule has 0 N–H and O–H groups in total. The maximum absolute atomic E-state index is 13.2. The first kappa shape index (κ1) is 23.2. The molecule has 2 aromatic carbocycles. The molecule has 166 valence electrons. The molecule has 0 atom stereocenters. The highest BCUT2D eigenvalue weighted by molar-refractivity contribution is 8.18. The number of hydrogen-bond donors (Lipinski definition) is 0. The van der Waals surface area contributed by atoms with Gasteiger partial charge in [0.15, 0.2) is 23.3 Å². The van der Waals surface area contributed by atoms with Crippen molar-refractivity contribution in [2.45, 2.75) is 13.8 Å². The number of rotatable bonds is 8. The summed E-state index contributed by atoms with van der Waals surface area (Å²) >= 11 is 1.34. The molecular formula is C24H25N3O4S. The van der Waals surface area contributed by atoms with Crippen molar-refractivity contribution >= 4 is 34.6 Å². The SMILES string of the molecule is COc1ccc(N=C2SC(=Cc3ccc(OCC#N)c(OC)c3)C(=O)N2CC(C)C)cc1. The normalized spacial score (nSPS) is 16.0. The van der Waals surface area contributed by atoms with Gasteiger partial charge in [0.05, 0.1) is 24.8 Å². The first-order chi connectivity index (χ1) is 15.4. The number of hydrogen-bond acceptors (Lipinski definition) is 7. The van der Waals surface area contributed by atoms with Crippen molar-refractivity contribution in [1.29, 1.82) is 5.26 Å². The van der Waals surface area contributed by atoms with Crippen molar-refractivity contribution in [2.24, 2.45) is 10.9 Å². The van der Waals surface area contributed by atoms with E-state index in [9.17, 15) is 4.79 Å². The summed E-state index contributed by atoms with van der Waals surface area (Å²) in [7, 11) is 3.15. The van der Waals surface area contributed by atoms with E-state index < -0.39 is 0 Å². The fourth-order valence-corrected chi connectivity index (χ4v) is 4.05. The molecule has 32 heavy (non-hydrogen) atoms. The number of amidine groups is 1. The third-order valence-corrected chi connectivity index (χ3v) is 5.52. The van der Waals surface area contributed by atoms with Gasteiger partial charge in [0, 0.05) is 6.54 Å². The van der Waals surface area contributed by atoms with E-state index in [2.05, 4.69) is 13.8 Å². The second-order valence-corrected chi connectivity index (χ2v) is 8.38. The standard InChI is InChI=1S/C24H25N3O4S/c1-16(2)15-27-23(28)22(32-24(27)26-18-6-8-19(29-3)9-7-18)14-17-5-10-20(31-12-11-25)21(13-17)30-4/h5-10,13-14,16H,12,15H2,1-4H3. The van der Waals surface area contributed by atoms with E-state index in [1.807, 2.05) is 42.5 Å². The number of nitriles is 1. The highest BCUT2D eigenvalue weighted by atomic mass is 32.2. The van der Waals surface area contributed by atoms with Crippen molar-refractivity contribution in [3.8, 4) is 23.3 Å². The minimum absolute atomic E-state index is 0.0690. The average Bonchev–Trinajstić information content (AvgIpc) is 3.06. The lowest BCUT2D eigenvalue weighted by molar-refractivity contribution is -0.122. The van der Waals surface area contributed by atoms with Crippen LogP contribution in [0.4, 0.5) is 5.69 Å². The zero-order valence-corrected chi connectivity index (χ0v) is 19.3. The summed E-state index contributed by atoms with van der Waals surface area (Å²) in [6.07, 6.45) is 1.81. The number of aliphatic imine (C=N–C) groups is 1. The number of methoxy groups -OCH3 is 2. The molecule has 1 aliphatic heterocycles. The highest BCUT2D eigenvalue weighted by Gasteiger charge is 2.33. The van der Waals surface area contributed by atoms with Gasteiger partial charge in [0.25, 0.3) is 5.91 Å². The van der Waals surface area contributed by atoms with E-state index in [4.69, 9.17) is 24.5 Å². The number of ether oxygens (including phenoxy) is 3. The molecule has 1 aliphatic rings. The van der Waals surface area contributed by atoms with E-state index in [1.54, 1.807) is 24.1 Å². The quantitative estimate of drug-likeness (QED) is 0.533. The van der Waals surface area contributed by atoms with Crippen LogP contribution >= 0.6 is 11.8 Å². The molecular weight excluding hydrogens is 426 g/mol. The van der Waals surface area contributed by atoms with Crippen LogP contribution < -0.4 is 14.2 Å². The minimum atomic E-state index is -0.0836. The van der Waals surface area contributed by atoms with Crippen LogP contribution in [0.25, 0.3) is 6.08 Å². The summed E-state index contributed by atoms with van der Waals surface area (Å²) in [5.41, 5.74) is 1.54. The van der Waals surface area contributed by atoms with E-state index in [-0.39, 0.29) is 18.4 Å². The van der Waals surface area contributed by atoms with E-state index in [0.717, 1.165) is 17.0 Å². The van der Waals surface area contributed by atoms with E-state index >= 15 is 0 Å². The van der Waals surface area contributed by atoms with Gasteiger partial charge in [-0.05, 0) is 65.7 Å². The van der Waals surface area contributed by atoms with Crippen LogP contribution in [0.2, 0.25) is 0 Å². The molecule has 1 fully saturated rings. The van der Waals surface area contributed by atoms with Crippen LogP contribution in [-0.4, -0.2) is 43.3 Å². The lowest BCUT2D eigenvalue weighted by Crippen LogP contribution is -2.32. The molecule has 1 heterocycles. The Balaban J connectivity index is 1.91. The molecule has 0 aromatic heterocycles. The topological polar surface area (TPSA) is 84.1 Å². The third-order valence-electron chi connectivity index (χ3n) is 4.51. The number of carbonyl (C=O) groups excluding carboxylic acids is 1. The van der Waals surface area contributed by atoms with E-state index in [1.165, 1.54) is 18.9 Å². The predicted molar refractivity (Wildman–Crippen MR) is 126 cm³/mol. The van der Waals surface area contributed by atoms with Gasteiger partial charge in [-0.3, -0.25) is 9.69 Å². The summed E-state index contributed by atoms with van der Waals surface area (Å²) < 4.78 is 15.9. The zero-order valence-electron chi connectivity index (χ0n) is 18.5. The minimum Gasteiger partial charge on any atom is -0.497 e. The van der Waals surface area contributed by atoms with Crippen LogP contribution in [0.15, 0.2) is 52.4 Å². The number of amides is 1. The highest BCUT2D eigenvalue weighted by Crippen LogP contribution is 2.36. The summed E-state index contributed by atoms with van der Waals surface area (Å²) in [6, 6.07) is 14.7. The van der Waals surface area contributed by atoms with Crippen LogP contribution in [0.5, 0.6) is 17.2 Å². The Bertz CT molecular complexity index is 1070. The maximum Gasteiger partial charge on any atom is 0.266 e. The lowest BCUT2D eigenvalue weighted by Gasteiger charge is -2.17. The molecule has 0 bridgehead atoms. The Labute approximate surface area is 192 Å². The first-order valence-corrected chi connectivity index (χ1v) is 10.9. The van der Waals surface area contributed by atoms with Crippen LogP contribution in [0, 0.1) is 17.2 Å². The number of thioether (sulfide) groups is 1. The van der Waals surface area contributed by atoms with Gasteiger partial charge >= 0.3 is 0 Å². The Morgan fingerprint density at radius 3 is 2.50 bits per heavy atom. The average molecular weight is 452 g/mol. The molecule has 2 aromatic rings. The number of nitrogens with zero attached hydrogens (tertiary/aromatic N) is 3. The largest absolute Gasteiger partial charge is 0.497 e. The van der Waals surface area contributed by atoms with Gasteiger partial charge in [-0.15, -0.1) is 0 Å². The van der Waals surface area contributed by atoms with Crippen LogP contribution in [0.1, 0.15) is 19.4 Å². The van der Waals surface area contributed by atoms with Crippen molar-refractivity contribution in [2.75, 3.05) is 27.4 Å². The zero-order chi connectivity index (χ0) is 23.1. The number of benzene rings is 2. The molecule has 7 nitrogen and oxygen atoms in total. The van der Waals surface area contributed by atoms with Gasteiger partial charge in [-0.2, -0.15) is 5.26 Å². The summed E-state index contributed by atoms with van der Waals surface area (Å²) in [5.74, 6) is 1.93. The molecule has 0 spiro atoms. The molecule has 0 unspecified atom stereocenters. The lowest BCUT2D eigenvalue weighted by atomic mass is 10.1. The smallest absolute Gasteiger partial charge is 0.266 e. The summed E-state index contributed by atoms with van der Waals surface area (Å²) in [5, 5.41) is 9.36. The van der Waals surface area contributed by atoms with Gasteiger partial charge in [-0.1, -0.05) is 19.9 Å². The maximum atomic E-state index is 13.2. The Morgan fingerprint density at radius 1 is 1.12 bits per heavy atom. The van der Waals surface area contributed by atoms with Gasteiger partial charge in [0.1, 0.15) is 11.8 Å². The molecule has 3 rings (SSSR count). The van der Waals surface area contributed by atoms with Crippen molar-refractivity contribution in [1.82, 2.24) is 4.90 Å². The predicted octanol–water partition coefficient (Wildman–Crippen LogP) is 4.87. The first-order valence-electron chi connectivity index (χ1n) is 10.1. The van der Waals surface area contributed by atoms with Gasteiger partial charge in [0.2, 0.25) is 0 Å². The molecule has 8 heteroatoms. The fraction of sp³-hybridized carbons (Fsp3) is 0.292. The number of carbonyl (C=O) groups is 1. The van der Waals surface area contributed by atoms with Crippen LogP contribution in [-0.2, 0) is 4.79 Å². The Morgan fingerprint density at radius 2 is 1.88 bits per heavy atom. The third kappa shape index (κ3) is 5.62. The molecule has 0 aliphatic carbocycles. The summed E-state index contributed by atoms with van der Waals surface area (Å²) in [6.45, 7) is 4.63. The van der Waals surface area contributed by atoms with Crippen molar-refractivity contribution < 1.29 is 19.0 Å². The summed E-state index contributed by atoms with van der Waals surface area (Å²) in [4.78, 5) is 20.1. The molecule has 0 saturated carbocycles. The monoisotopic (exact) mass is 451 g/mol. The molecule has 0 radical (unpaired) electrons. The fourth-order valence-electron chi connectivity index (χ4n) is 3.04. The molecule has 1 amide bonds. The molecule has 1 saturated heterocycles. The van der Waals surface area contributed by atoms with Gasteiger partial charge in [-0.25, -0.2) is 4.99 Å². The Hall–Kier alpha value is -3.44. The van der Waals surface area contributed by atoms with E-state index in [0.29, 0.717) is 28.1 Å². The second-order valence-electron chi connectivity index (χ2n) is 7.37. The van der Waals surface area contributed by atoms with Gasteiger partial charge < -0.3 is 14.2 Å².